The number of nitrogens with one attached hydrogen (secondary N) is 1. The van der Waals surface area contributed by atoms with Crippen LogP contribution < -0.4 is 5.32 Å². The van der Waals surface area contributed by atoms with Gasteiger partial charge in [0, 0.05) is 18.4 Å². The quantitative estimate of drug-likeness (QED) is 0.803. The Bertz CT molecular complexity index is 939. The van der Waals surface area contributed by atoms with Crippen LogP contribution in [0.25, 0.3) is 10.8 Å². The molecule has 0 aromatic carbocycles. The number of rotatable bonds is 4. The Morgan fingerprint density at radius 3 is 2.63 bits per heavy atom. The Morgan fingerprint density at radius 1 is 1.22 bits per heavy atom. The van der Waals surface area contributed by atoms with E-state index in [9.17, 15) is 13.2 Å². The highest BCUT2D eigenvalue weighted by atomic mass is 32.2. The number of hydrogen-bond donors (Lipinski definition) is 1. The summed E-state index contributed by atoms with van der Waals surface area (Å²) in [6, 6.07) is 1.18. The molecule has 2 aromatic heterocycles. The highest BCUT2D eigenvalue weighted by Crippen LogP contribution is 2.27. The van der Waals surface area contributed by atoms with E-state index < -0.39 is 15.9 Å². The third-order valence-corrected chi connectivity index (χ3v) is 7.88. The fourth-order valence-corrected chi connectivity index (χ4v) is 6.62. The van der Waals surface area contributed by atoms with Gasteiger partial charge in [-0.3, -0.25) is 9.69 Å². The van der Waals surface area contributed by atoms with Gasteiger partial charge in [-0.05, 0) is 38.9 Å². The number of carbonyl (C=O) groups excluding carboxylic acids is 1. The molecule has 2 aromatic rings. The Hall–Kier alpha value is -1.91. The van der Waals surface area contributed by atoms with Gasteiger partial charge in [0.1, 0.15) is 4.88 Å². The summed E-state index contributed by atoms with van der Waals surface area (Å²) >= 11 is 1.23. The van der Waals surface area contributed by atoms with Gasteiger partial charge in [0.2, 0.25) is 0 Å². The largest absolute Gasteiger partial charge is 0.346 e. The summed E-state index contributed by atoms with van der Waals surface area (Å²) in [6.45, 7) is 3.55. The zero-order chi connectivity index (χ0) is 19.0. The monoisotopic (exact) mass is 407 g/mol. The number of amides is 1. The van der Waals surface area contributed by atoms with Crippen LogP contribution in [-0.2, 0) is 9.84 Å². The van der Waals surface area contributed by atoms with Crippen LogP contribution in [0.5, 0.6) is 0 Å². The minimum absolute atomic E-state index is 0.00753. The summed E-state index contributed by atoms with van der Waals surface area (Å²) < 4.78 is 24.4. The zero-order valence-electron chi connectivity index (χ0n) is 15.0. The van der Waals surface area contributed by atoms with E-state index in [0.29, 0.717) is 21.4 Å². The molecule has 144 valence electrons. The maximum Gasteiger partial charge on any atom is 0.263 e. The lowest BCUT2D eigenvalue weighted by Gasteiger charge is -2.28. The van der Waals surface area contributed by atoms with Crippen molar-refractivity contribution in [2.75, 3.05) is 24.6 Å². The Labute approximate surface area is 162 Å². The molecule has 2 unspecified atom stereocenters. The Morgan fingerprint density at radius 2 is 1.93 bits per heavy atom. The lowest BCUT2D eigenvalue weighted by molar-refractivity contribution is 0.0922. The van der Waals surface area contributed by atoms with Crippen LogP contribution in [-0.4, -0.2) is 70.9 Å². The molecule has 0 aliphatic carbocycles. The van der Waals surface area contributed by atoms with Crippen LogP contribution in [0.15, 0.2) is 18.5 Å². The third-order valence-electron chi connectivity index (χ3n) is 5.01. The fraction of sp³-hybridized carbons (Fsp3) is 0.529. The van der Waals surface area contributed by atoms with E-state index in [1.54, 1.807) is 25.4 Å². The normalized spacial score (nSPS) is 24.9. The lowest BCUT2D eigenvalue weighted by atomic mass is 10.1. The van der Waals surface area contributed by atoms with E-state index in [0.717, 1.165) is 25.9 Å². The number of likely N-dealkylation sites (tertiary alicyclic amines) is 1. The molecule has 4 rings (SSSR count). The second kappa shape index (κ2) is 7.25. The van der Waals surface area contributed by atoms with Crippen molar-refractivity contribution in [2.24, 2.45) is 0 Å². The fourth-order valence-electron chi connectivity index (χ4n) is 3.75. The summed E-state index contributed by atoms with van der Waals surface area (Å²) in [5, 5.41) is 3.53. The van der Waals surface area contributed by atoms with E-state index >= 15 is 0 Å². The first-order valence-electron chi connectivity index (χ1n) is 8.93. The maximum atomic E-state index is 12.8. The SMILES string of the molecule is Cc1nc(-c2ncccn2)sc1C(=O)NC1CS(=O)(=O)CC1N1CCCC1. The van der Waals surface area contributed by atoms with Crippen LogP contribution in [0.2, 0.25) is 0 Å². The average molecular weight is 408 g/mol. The molecule has 2 fully saturated rings. The van der Waals surface area contributed by atoms with Crippen molar-refractivity contribution in [1.82, 2.24) is 25.2 Å². The van der Waals surface area contributed by atoms with Gasteiger partial charge in [-0.15, -0.1) is 11.3 Å². The minimum Gasteiger partial charge on any atom is -0.346 e. The molecule has 8 nitrogen and oxygen atoms in total. The molecular formula is C17H21N5O3S2. The predicted octanol–water partition coefficient (Wildman–Crippen LogP) is 0.900. The highest BCUT2D eigenvalue weighted by Gasteiger charge is 2.42. The van der Waals surface area contributed by atoms with E-state index in [1.807, 2.05) is 0 Å². The van der Waals surface area contributed by atoms with Crippen molar-refractivity contribution in [1.29, 1.82) is 0 Å². The van der Waals surface area contributed by atoms with Crippen LogP contribution in [0.4, 0.5) is 0 Å². The topological polar surface area (TPSA) is 105 Å². The Kier molecular flexibility index (Phi) is 4.95. The molecule has 0 saturated carbocycles. The smallest absolute Gasteiger partial charge is 0.263 e. The number of hydrogen-bond acceptors (Lipinski definition) is 8. The molecule has 2 aliphatic heterocycles. The van der Waals surface area contributed by atoms with Crippen LogP contribution in [0.1, 0.15) is 28.2 Å². The van der Waals surface area contributed by atoms with Gasteiger partial charge in [-0.2, -0.15) is 0 Å². The standard InChI is InChI=1S/C17H21N5O3S2/c1-11-14(26-17(20-11)15-18-5-4-6-19-15)16(23)21-12-9-27(24,25)10-13(12)22-7-2-3-8-22/h4-6,12-13H,2-3,7-10H2,1H3,(H,21,23). The molecule has 0 radical (unpaired) electrons. The van der Waals surface area contributed by atoms with Crippen LogP contribution >= 0.6 is 11.3 Å². The van der Waals surface area contributed by atoms with Crippen molar-refractivity contribution in [3.63, 3.8) is 0 Å². The molecule has 1 N–H and O–H groups in total. The summed E-state index contributed by atoms with van der Waals surface area (Å²) in [7, 11) is -3.15. The molecule has 2 atom stereocenters. The number of thiazole rings is 1. The van der Waals surface area contributed by atoms with Gasteiger partial charge in [-0.1, -0.05) is 0 Å². The highest BCUT2D eigenvalue weighted by molar-refractivity contribution is 7.91. The lowest BCUT2D eigenvalue weighted by Crippen LogP contribution is -2.50. The van der Waals surface area contributed by atoms with Crippen LogP contribution in [0.3, 0.4) is 0 Å². The molecule has 10 heteroatoms. The molecule has 0 bridgehead atoms. The second-order valence-corrected chi connectivity index (χ2v) is 10.1. The minimum atomic E-state index is -3.15. The van der Waals surface area contributed by atoms with E-state index in [-0.39, 0.29) is 23.5 Å². The Balaban J connectivity index is 1.54. The number of sulfone groups is 1. The first kappa shape index (κ1) is 18.5. The number of aryl methyl sites for hydroxylation is 1. The van der Waals surface area contributed by atoms with Crippen LogP contribution in [0, 0.1) is 6.92 Å². The average Bonchev–Trinajstić information content (AvgIpc) is 3.34. The van der Waals surface area contributed by atoms with Crippen molar-refractivity contribution in [3.05, 3.63) is 29.0 Å². The van der Waals surface area contributed by atoms with Gasteiger partial charge >= 0.3 is 0 Å². The van der Waals surface area contributed by atoms with Gasteiger partial charge in [0.25, 0.3) is 5.91 Å². The summed E-state index contributed by atoms with van der Waals surface area (Å²) in [5.41, 5.74) is 0.596. The van der Waals surface area contributed by atoms with E-state index in [1.165, 1.54) is 11.3 Å². The summed E-state index contributed by atoms with van der Waals surface area (Å²) in [4.78, 5) is 28.3. The van der Waals surface area contributed by atoms with Gasteiger partial charge in [0.05, 0.1) is 23.2 Å². The number of nitrogens with zero attached hydrogens (tertiary/aromatic N) is 4. The van der Waals surface area contributed by atoms with Crippen molar-refractivity contribution >= 4 is 27.1 Å². The predicted molar refractivity (Wildman–Crippen MR) is 102 cm³/mol. The molecular weight excluding hydrogens is 386 g/mol. The second-order valence-electron chi connectivity index (χ2n) is 6.97. The summed E-state index contributed by atoms with van der Waals surface area (Å²) in [5.74, 6) is 0.302. The number of carbonyl (C=O) groups is 1. The van der Waals surface area contributed by atoms with Gasteiger partial charge in [0.15, 0.2) is 20.7 Å². The van der Waals surface area contributed by atoms with E-state index in [4.69, 9.17) is 0 Å². The summed E-state index contributed by atoms with van der Waals surface area (Å²) in [6.07, 6.45) is 5.41. The molecule has 4 heterocycles. The maximum absolute atomic E-state index is 12.8. The van der Waals surface area contributed by atoms with Crippen molar-refractivity contribution < 1.29 is 13.2 Å². The van der Waals surface area contributed by atoms with Crippen molar-refractivity contribution in [3.8, 4) is 10.8 Å². The van der Waals surface area contributed by atoms with Gasteiger partial charge in [-0.25, -0.2) is 23.4 Å². The zero-order valence-corrected chi connectivity index (χ0v) is 16.6. The molecule has 2 aliphatic rings. The number of aromatic nitrogens is 3. The van der Waals surface area contributed by atoms with Crippen molar-refractivity contribution in [2.45, 2.75) is 31.8 Å². The third kappa shape index (κ3) is 3.87. The van der Waals surface area contributed by atoms with E-state index in [2.05, 4.69) is 25.2 Å². The molecule has 0 spiro atoms. The molecule has 27 heavy (non-hydrogen) atoms. The molecule has 1 amide bonds. The molecule has 2 saturated heterocycles. The first-order chi connectivity index (χ1) is 12.9. The first-order valence-corrected chi connectivity index (χ1v) is 11.6. The van der Waals surface area contributed by atoms with Gasteiger partial charge < -0.3 is 5.32 Å².